The molecule has 0 saturated heterocycles. The smallest absolute Gasteiger partial charge is 0.381 e. The van der Waals surface area contributed by atoms with E-state index in [-0.39, 0.29) is 38.4 Å². The third kappa shape index (κ3) is 9.71. The summed E-state index contributed by atoms with van der Waals surface area (Å²) >= 11 is 22.7. The molecule has 0 N–H and O–H groups in total. The molecule has 1 saturated carbocycles. The largest absolute Gasteiger partial charge is 0.461 e. The van der Waals surface area contributed by atoms with Gasteiger partial charge in [0.25, 0.3) is 0 Å². The standard InChI is InChI=1S/C19H26O2.C9H11Cl3NO3PS/c1-12(2)9-16-17(19(16,5)6)18(20)21-11-15-8-7-13(3)10-14(15)4;1-3-14-17(18,15-4-2)16-9-7(11)5-6(10)8(12)13-9/h7-10,16-17H,11H2,1-6H3;5H,3-4H2,1-2H3. The Morgan fingerprint density at radius 1 is 1.08 bits per heavy atom. The summed E-state index contributed by atoms with van der Waals surface area (Å²) in [5.41, 5.74) is 4.79. The van der Waals surface area contributed by atoms with Gasteiger partial charge in [-0.15, -0.1) is 0 Å². The molecular formula is C28H37Cl3NO5PS. The molecule has 11 heteroatoms. The average Bonchev–Trinajstić information content (AvgIpc) is 3.36. The zero-order valence-electron chi connectivity index (χ0n) is 23.6. The summed E-state index contributed by atoms with van der Waals surface area (Å²) in [5.74, 6) is 0.297. The lowest BCUT2D eigenvalue weighted by molar-refractivity contribution is -0.147. The lowest BCUT2D eigenvalue weighted by Gasteiger charge is -2.20. The summed E-state index contributed by atoms with van der Waals surface area (Å²) in [6, 6.07) is 7.65. The molecule has 0 spiro atoms. The van der Waals surface area contributed by atoms with Crippen molar-refractivity contribution < 1.29 is 23.1 Å². The number of benzene rings is 1. The van der Waals surface area contributed by atoms with Crippen molar-refractivity contribution in [3.8, 4) is 5.88 Å². The fraction of sp³-hybridized carbons (Fsp3) is 0.500. The van der Waals surface area contributed by atoms with E-state index in [1.54, 1.807) is 13.8 Å². The number of pyridine rings is 1. The number of nitrogens with zero attached hydrogens (tertiary/aromatic N) is 1. The predicted octanol–water partition coefficient (Wildman–Crippen LogP) is 9.30. The van der Waals surface area contributed by atoms with Gasteiger partial charge in [0.05, 0.1) is 24.2 Å². The summed E-state index contributed by atoms with van der Waals surface area (Å²) < 4.78 is 21.6. The fourth-order valence-electron chi connectivity index (χ4n) is 4.05. The summed E-state index contributed by atoms with van der Waals surface area (Å²) in [4.78, 5) is 16.2. The molecule has 1 aromatic heterocycles. The van der Waals surface area contributed by atoms with E-state index >= 15 is 0 Å². The van der Waals surface area contributed by atoms with Crippen LogP contribution in [0.1, 0.15) is 58.2 Å². The van der Waals surface area contributed by atoms with E-state index in [0.29, 0.717) is 25.7 Å². The van der Waals surface area contributed by atoms with Gasteiger partial charge >= 0.3 is 12.7 Å². The second-order valence-corrected chi connectivity index (χ2v) is 14.1. The van der Waals surface area contributed by atoms with Crippen molar-refractivity contribution in [2.45, 2.75) is 62.0 Å². The number of hydrogen-bond acceptors (Lipinski definition) is 7. The van der Waals surface area contributed by atoms with Gasteiger partial charge < -0.3 is 9.26 Å². The van der Waals surface area contributed by atoms with Crippen molar-refractivity contribution in [2.75, 3.05) is 13.2 Å². The van der Waals surface area contributed by atoms with Crippen molar-refractivity contribution in [1.82, 2.24) is 4.98 Å². The summed E-state index contributed by atoms with van der Waals surface area (Å²) in [5, 5.41) is 0.499. The SMILES string of the molecule is CC(C)=CC1C(C(=O)OCc2ccc(C)cc2C)C1(C)C.CCOP(=S)(OCC)Oc1nc(Cl)c(Cl)cc1Cl. The van der Waals surface area contributed by atoms with Gasteiger partial charge in [0, 0.05) is 11.8 Å². The third-order valence-electron chi connectivity index (χ3n) is 6.17. The second kappa shape index (κ2) is 14.6. The van der Waals surface area contributed by atoms with Crippen LogP contribution >= 0.6 is 41.5 Å². The van der Waals surface area contributed by atoms with Crippen LogP contribution in [0.5, 0.6) is 5.88 Å². The minimum absolute atomic E-state index is 0.00171. The second-order valence-electron chi connectivity index (χ2n) is 10.0. The van der Waals surface area contributed by atoms with Gasteiger partial charge in [0.15, 0.2) is 5.15 Å². The molecule has 1 aliphatic rings. The van der Waals surface area contributed by atoms with Gasteiger partial charge in [-0.3, -0.25) is 13.8 Å². The van der Waals surface area contributed by atoms with E-state index < -0.39 is 6.72 Å². The molecule has 1 aliphatic carbocycles. The summed E-state index contributed by atoms with van der Waals surface area (Å²) in [7, 11) is 0. The van der Waals surface area contributed by atoms with Gasteiger partial charge in [-0.05, 0) is 70.1 Å². The molecule has 0 radical (unpaired) electrons. The van der Waals surface area contributed by atoms with Crippen LogP contribution in [0.4, 0.5) is 0 Å². The molecule has 2 aromatic rings. The Morgan fingerprint density at radius 3 is 2.23 bits per heavy atom. The molecule has 6 nitrogen and oxygen atoms in total. The number of allylic oxidation sites excluding steroid dienone is 2. The Morgan fingerprint density at radius 2 is 1.69 bits per heavy atom. The molecule has 39 heavy (non-hydrogen) atoms. The number of esters is 1. The molecule has 2 atom stereocenters. The Labute approximate surface area is 252 Å². The molecule has 1 aromatic carbocycles. The summed E-state index contributed by atoms with van der Waals surface area (Å²) in [6.45, 7) is 14.3. The highest BCUT2D eigenvalue weighted by Gasteiger charge is 2.61. The molecule has 1 heterocycles. The maximum absolute atomic E-state index is 12.3. The quantitative estimate of drug-likeness (QED) is 0.111. The van der Waals surface area contributed by atoms with E-state index in [1.165, 1.54) is 22.8 Å². The van der Waals surface area contributed by atoms with Gasteiger partial charge in [0.2, 0.25) is 5.88 Å². The molecule has 1 fully saturated rings. The molecule has 3 rings (SSSR count). The van der Waals surface area contributed by atoms with E-state index in [0.717, 1.165) is 5.56 Å². The van der Waals surface area contributed by atoms with Crippen LogP contribution in [0, 0.1) is 31.1 Å². The van der Waals surface area contributed by atoms with Crippen molar-refractivity contribution in [3.05, 3.63) is 67.8 Å². The van der Waals surface area contributed by atoms with Gasteiger partial charge in [-0.2, -0.15) is 4.98 Å². The van der Waals surface area contributed by atoms with Gasteiger partial charge in [0.1, 0.15) is 11.6 Å². The van der Waals surface area contributed by atoms with Crippen LogP contribution in [0.15, 0.2) is 35.9 Å². The van der Waals surface area contributed by atoms with Crippen LogP contribution in [0.3, 0.4) is 0 Å². The van der Waals surface area contributed by atoms with Gasteiger partial charge in [-0.25, -0.2) is 0 Å². The first-order valence-corrected chi connectivity index (χ1v) is 16.3. The molecule has 0 amide bonds. The van der Waals surface area contributed by atoms with Crippen molar-refractivity contribution in [1.29, 1.82) is 0 Å². The number of aryl methyl sites for hydroxylation is 2. The Kier molecular flexibility index (Phi) is 12.8. The number of aromatic nitrogens is 1. The van der Waals surface area contributed by atoms with Crippen LogP contribution in [0.25, 0.3) is 0 Å². The zero-order valence-corrected chi connectivity index (χ0v) is 27.6. The van der Waals surface area contributed by atoms with Crippen molar-refractivity contribution >= 4 is 59.3 Å². The number of hydrogen-bond donors (Lipinski definition) is 0. The maximum Gasteiger partial charge on any atom is 0.381 e. The monoisotopic (exact) mass is 635 g/mol. The first-order valence-electron chi connectivity index (χ1n) is 12.6. The molecular weight excluding hydrogens is 600 g/mol. The van der Waals surface area contributed by atoms with Crippen LogP contribution < -0.4 is 4.52 Å². The van der Waals surface area contributed by atoms with Crippen molar-refractivity contribution in [2.24, 2.45) is 17.3 Å². The highest BCUT2D eigenvalue weighted by molar-refractivity contribution is 8.07. The summed E-state index contributed by atoms with van der Waals surface area (Å²) in [6.07, 6.45) is 2.20. The highest BCUT2D eigenvalue weighted by Crippen LogP contribution is 2.60. The lowest BCUT2D eigenvalue weighted by Crippen LogP contribution is -2.11. The maximum atomic E-state index is 12.3. The number of halogens is 3. The number of rotatable bonds is 10. The van der Waals surface area contributed by atoms with Crippen LogP contribution in [-0.4, -0.2) is 24.2 Å². The Hall–Kier alpha value is -1.18. The lowest BCUT2D eigenvalue weighted by atomic mass is 10.1. The minimum atomic E-state index is -2.92. The van der Waals surface area contributed by atoms with E-state index in [9.17, 15) is 4.79 Å². The zero-order chi connectivity index (χ0) is 29.5. The topological polar surface area (TPSA) is 66.9 Å². The number of carbonyl (C=O) groups is 1. The van der Waals surface area contributed by atoms with E-state index in [4.69, 9.17) is 64.9 Å². The van der Waals surface area contributed by atoms with E-state index in [1.807, 2.05) is 6.07 Å². The molecule has 216 valence electrons. The Balaban J connectivity index is 0.000000277. The van der Waals surface area contributed by atoms with E-state index in [2.05, 4.69) is 64.7 Å². The van der Waals surface area contributed by atoms with Crippen LogP contribution in [0.2, 0.25) is 15.2 Å². The normalized spacial score (nSPS) is 17.5. The first-order chi connectivity index (χ1) is 18.1. The molecule has 0 aliphatic heterocycles. The number of carbonyl (C=O) groups excluding carboxylic acids is 1. The predicted molar refractivity (Wildman–Crippen MR) is 163 cm³/mol. The minimum Gasteiger partial charge on any atom is -0.461 e. The van der Waals surface area contributed by atoms with Gasteiger partial charge in [-0.1, -0.05) is 84.1 Å². The van der Waals surface area contributed by atoms with Crippen molar-refractivity contribution in [3.63, 3.8) is 0 Å². The number of ether oxygens (including phenoxy) is 1. The first kappa shape index (κ1) is 34.0. The average molecular weight is 637 g/mol. The molecule has 0 bridgehead atoms. The Bertz CT molecular complexity index is 1240. The highest BCUT2D eigenvalue weighted by atomic mass is 35.5. The van der Waals surface area contributed by atoms with Crippen LogP contribution in [-0.2, 0) is 37.0 Å². The fourth-order valence-corrected chi connectivity index (χ4v) is 6.64. The third-order valence-corrected chi connectivity index (χ3v) is 9.52. The molecule has 2 unspecified atom stereocenters.